The van der Waals surface area contributed by atoms with Gasteiger partial charge in [0.25, 0.3) is 5.90 Å². The lowest BCUT2D eigenvalue weighted by molar-refractivity contribution is 0.103. The van der Waals surface area contributed by atoms with Crippen LogP contribution in [0.5, 0.6) is 0 Å². The van der Waals surface area contributed by atoms with Crippen molar-refractivity contribution < 1.29 is 9.53 Å². The molecule has 1 aliphatic rings. The van der Waals surface area contributed by atoms with Crippen LogP contribution in [-0.4, -0.2) is 23.8 Å². The molecule has 0 saturated heterocycles. The van der Waals surface area contributed by atoms with Gasteiger partial charge in [0, 0.05) is 10.0 Å². The Balaban J connectivity index is 2.31. The highest BCUT2D eigenvalue weighted by molar-refractivity contribution is 9.10. The van der Waals surface area contributed by atoms with E-state index in [0.29, 0.717) is 12.2 Å². The van der Waals surface area contributed by atoms with Crippen LogP contribution in [0, 0.1) is 0 Å². The molecule has 1 heterocycles. The fourth-order valence-corrected chi connectivity index (χ4v) is 1.93. The van der Waals surface area contributed by atoms with Crippen LogP contribution in [0.4, 0.5) is 0 Å². The summed E-state index contributed by atoms with van der Waals surface area (Å²) in [6.45, 7) is 4.33. The van der Waals surface area contributed by atoms with Gasteiger partial charge in [0.1, 0.15) is 6.61 Å². The van der Waals surface area contributed by atoms with Gasteiger partial charge in [0.2, 0.25) is 5.78 Å². The molecule has 0 amide bonds. The van der Waals surface area contributed by atoms with Crippen molar-refractivity contribution in [1.29, 1.82) is 0 Å². The quantitative estimate of drug-likeness (QED) is 0.782. The summed E-state index contributed by atoms with van der Waals surface area (Å²) < 4.78 is 6.08. The average Bonchev–Trinajstić information content (AvgIpc) is 2.59. The molecular formula is C12H12BrNO2. The van der Waals surface area contributed by atoms with Crippen LogP contribution in [-0.2, 0) is 4.74 Å². The lowest BCUT2D eigenvalue weighted by Gasteiger charge is -2.07. The fourth-order valence-electron chi connectivity index (χ4n) is 1.46. The van der Waals surface area contributed by atoms with Crippen molar-refractivity contribution in [2.75, 3.05) is 6.61 Å². The van der Waals surface area contributed by atoms with Gasteiger partial charge in [-0.15, -0.1) is 0 Å². The minimum Gasteiger partial charge on any atom is -0.473 e. The molecule has 0 aromatic heterocycles. The average molecular weight is 282 g/mol. The van der Waals surface area contributed by atoms with E-state index in [-0.39, 0.29) is 17.2 Å². The molecule has 4 heteroatoms. The first-order valence-electron chi connectivity index (χ1n) is 5.01. The largest absolute Gasteiger partial charge is 0.473 e. The maximum Gasteiger partial charge on any atom is 0.259 e. The Bertz CT molecular complexity index is 466. The maximum atomic E-state index is 12.1. The van der Waals surface area contributed by atoms with Gasteiger partial charge in [-0.05, 0) is 26.0 Å². The fraction of sp³-hybridized carbons (Fsp3) is 0.333. The molecule has 1 aromatic carbocycles. The molecule has 2 rings (SSSR count). The zero-order chi connectivity index (χ0) is 11.8. The Kier molecular flexibility index (Phi) is 2.84. The molecule has 0 fully saturated rings. The minimum absolute atomic E-state index is 0.168. The molecule has 0 saturated carbocycles. The highest BCUT2D eigenvalue weighted by atomic mass is 79.9. The summed E-state index contributed by atoms with van der Waals surface area (Å²) in [5.41, 5.74) is 0.283. The second-order valence-electron chi connectivity index (χ2n) is 4.33. The molecule has 84 valence electrons. The Labute approximate surface area is 103 Å². The van der Waals surface area contributed by atoms with Gasteiger partial charge < -0.3 is 4.74 Å². The van der Waals surface area contributed by atoms with Crippen LogP contribution in [0.2, 0.25) is 0 Å². The number of hydrogen-bond acceptors (Lipinski definition) is 3. The van der Waals surface area contributed by atoms with Crippen molar-refractivity contribution in [2.24, 2.45) is 4.99 Å². The summed E-state index contributed by atoms with van der Waals surface area (Å²) in [6.07, 6.45) is 0. The van der Waals surface area contributed by atoms with Crippen molar-refractivity contribution in [3.8, 4) is 0 Å². The first kappa shape index (κ1) is 11.3. The molecular weight excluding hydrogens is 270 g/mol. The summed E-state index contributed by atoms with van der Waals surface area (Å²) in [5.74, 6) is 0.0370. The number of rotatable bonds is 2. The molecule has 0 aliphatic carbocycles. The highest BCUT2D eigenvalue weighted by Crippen LogP contribution is 2.22. The molecule has 0 bridgehead atoms. The lowest BCUT2D eigenvalue weighted by atomic mass is 10.1. The van der Waals surface area contributed by atoms with Gasteiger partial charge in [-0.25, -0.2) is 4.99 Å². The summed E-state index contributed by atoms with van der Waals surface area (Å²) in [5, 5.41) is 0. The number of halogens is 1. The number of carbonyl (C=O) groups is 1. The molecule has 0 unspecified atom stereocenters. The van der Waals surface area contributed by atoms with Crippen LogP contribution in [0.3, 0.4) is 0 Å². The lowest BCUT2D eigenvalue weighted by Crippen LogP contribution is -2.17. The third kappa shape index (κ3) is 2.16. The van der Waals surface area contributed by atoms with E-state index in [1.165, 1.54) is 0 Å². The van der Waals surface area contributed by atoms with Gasteiger partial charge in [-0.3, -0.25) is 4.79 Å². The number of Topliss-reactive ketones (excluding diaryl/α,β-unsaturated/α-hetero) is 1. The van der Waals surface area contributed by atoms with Gasteiger partial charge >= 0.3 is 0 Å². The van der Waals surface area contributed by atoms with Crippen molar-refractivity contribution >= 4 is 27.6 Å². The molecule has 0 N–H and O–H groups in total. The van der Waals surface area contributed by atoms with Crippen LogP contribution in [0.15, 0.2) is 33.7 Å². The van der Waals surface area contributed by atoms with Gasteiger partial charge in [0.15, 0.2) is 0 Å². The smallest absolute Gasteiger partial charge is 0.259 e. The van der Waals surface area contributed by atoms with Gasteiger partial charge in [-0.2, -0.15) is 0 Å². The van der Waals surface area contributed by atoms with E-state index in [9.17, 15) is 4.79 Å². The number of hydrogen-bond donors (Lipinski definition) is 0. The van der Waals surface area contributed by atoms with E-state index in [4.69, 9.17) is 4.74 Å². The van der Waals surface area contributed by atoms with E-state index in [1.54, 1.807) is 6.07 Å². The second kappa shape index (κ2) is 4.01. The third-order valence-corrected chi connectivity index (χ3v) is 2.97. The summed E-state index contributed by atoms with van der Waals surface area (Å²) in [7, 11) is 0. The molecule has 1 aromatic rings. The van der Waals surface area contributed by atoms with Crippen LogP contribution < -0.4 is 0 Å². The Hall–Kier alpha value is -1.16. The number of carbonyl (C=O) groups excluding carboxylic acids is 1. The second-order valence-corrected chi connectivity index (χ2v) is 5.18. The first-order valence-corrected chi connectivity index (χ1v) is 5.81. The van der Waals surface area contributed by atoms with Crippen molar-refractivity contribution in [3.63, 3.8) is 0 Å². The Morgan fingerprint density at radius 2 is 2.12 bits per heavy atom. The van der Waals surface area contributed by atoms with Crippen molar-refractivity contribution in [3.05, 3.63) is 34.3 Å². The predicted molar refractivity (Wildman–Crippen MR) is 65.9 cm³/mol. The summed E-state index contributed by atoms with van der Waals surface area (Å²) in [4.78, 5) is 16.3. The molecule has 0 radical (unpaired) electrons. The van der Waals surface area contributed by atoms with E-state index in [1.807, 2.05) is 32.0 Å². The van der Waals surface area contributed by atoms with E-state index < -0.39 is 0 Å². The van der Waals surface area contributed by atoms with E-state index in [2.05, 4.69) is 20.9 Å². The SMILES string of the molecule is CC1(C)COC(C(=O)c2ccccc2Br)=N1. The Morgan fingerprint density at radius 1 is 1.44 bits per heavy atom. The first-order chi connectivity index (χ1) is 7.49. The normalized spacial score (nSPS) is 17.8. The molecule has 16 heavy (non-hydrogen) atoms. The van der Waals surface area contributed by atoms with Crippen LogP contribution >= 0.6 is 15.9 Å². The monoisotopic (exact) mass is 281 g/mol. The van der Waals surface area contributed by atoms with Crippen molar-refractivity contribution in [2.45, 2.75) is 19.4 Å². The van der Waals surface area contributed by atoms with E-state index >= 15 is 0 Å². The maximum absolute atomic E-state index is 12.1. The zero-order valence-electron chi connectivity index (χ0n) is 9.16. The number of benzene rings is 1. The highest BCUT2D eigenvalue weighted by Gasteiger charge is 2.31. The van der Waals surface area contributed by atoms with Crippen LogP contribution in [0.1, 0.15) is 24.2 Å². The number of ketones is 1. The zero-order valence-corrected chi connectivity index (χ0v) is 10.7. The summed E-state index contributed by atoms with van der Waals surface area (Å²) in [6, 6.07) is 7.26. The predicted octanol–water partition coefficient (Wildman–Crippen LogP) is 2.84. The molecule has 0 atom stereocenters. The topological polar surface area (TPSA) is 38.7 Å². The minimum atomic E-state index is -0.299. The standard InChI is InChI=1S/C12H12BrNO2/c1-12(2)7-16-11(14-12)10(15)8-5-3-4-6-9(8)13/h3-6H,7H2,1-2H3. The third-order valence-electron chi connectivity index (χ3n) is 2.28. The van der Waals surface area contributed by atoms with Crippen molar-refractivity contribution in [1.82, 2.24) is 0 Å². The number of aliphatic imine (C=N–C) groups is 1. The number of nitrogens with zero attached hydrogens (tertiary/aromatic N) is 1. The van der Waals surface area contributed by atoms with Gasteiger partial charge in [-0.1, -0.05) is 28.1 Å². The van der Waals surface area contributed by atoms with E-state index in [0.717, 1.165) is 4.47 Å². The molecule has 0 spiro atoms. The molecule has 1 aliphatic heterocycles. The Morgan fingerprint density at radius 3 is 2.69 bits per heavy atom. The van der Waals surface area contributed by atoms with Crippen LogP contribution in [0.25, 0.3) is 0 Å². The van der Waals surface area contributed by atoms with Gasteiger partial charge in [0.05, 0.1) is 5.54 Å². The number of ether oxygens (including phenoxy) is 1. The summed E-state index contributed by atoms with van der Waals surface area (Å²) >= 11 is 3.34. The molecule has 3 nitrogen and oxygen atoms in total.